The summed E-state index contributed by atoms with van der Waals surface area (Å²) in [4.78, 5) is 4.07. The molecule has 16 heavy (non-hydrogen) atoms. The predicted molar refractivity (Wildman–Crippen MR) is 61.1 cm³/mol. The number of ether oxygens (including phenoxy) is 1. The number of aliphatic hydroxyl groups is 1. The Morgan fingerprint density at radius 3 is 2.94 bits per heavy atom. The molecule has 0 spiro atoms. The van der Waals surface area contributed by atoms with E-state index in [1.807, 2.05) is 6.07 Å². The molecule has 1 heterocycles. The lowest BCUT2D eigenvalue weighted by atomic mass is 10.2. The fraction of sp³-hybridized carbons (Fsp3) is 0.462. The molecule has 1 aliphatic carbocycles. The Morgan fingerprint density at radius 2 is 2.19 bits per heavy atom. The summed E-state index contributed by atoms with van der Waals surface area (Å²) < 4.78 is 5.80. The maximum absolute atomic E-state index is 8.60. The van der Waals surface area contributed by atoms with Gasteiger partial charge in [-0.3, -0.25) is 4.98 Å². The van der Waals surface area contributed by atoms with E-state index < -0.39 is 0 Å². The molecule has 3 heteroatoms. The summed E-state index contributed by atoms with van der Waals surface area (Å²) >= 11 is 0. The normalized spacial score (nSPS) is 15.6. The van der Waals surface area contributed by atoms with Gasteiger partial charge in [0.1, 0.15) is 12.4 Å². The van der Waals surface area contributed by atoms with E-state index in [1.54, 1.807) is 12.4 Å². The molecule has 0 atom stereocenters. The lowest BCUT2D eigenvalue weighted by molar-refractivity contribution is 0.209. The Labute approximate surface area is 95.5 Å². The summed E-state index contributed by atoms with van der Waals surface area (Å²) in [6.45, 7) is -0.131. The van der Waals surface area contributed by atoms with Gasteiger partial charge in [0.05, 0.1) is 12.3 Å². The molecule has 2 rings (SSSR count). The first-order valence-electron chi connectivity index (χ1n) is 5.60. The minimum Gasteiger partial charge on any atom is -0.489 e. The van der Waals surface area contributed by atoms with Crippen molar-refractivity contribution in [3.05, 3.63) is 24.0 Å². The lowest BCUT2D eigenvalue weighted by Crippen LogP contribution is -2.10. The second-order valence-electron chi connectivity index (χ2n) is 3.89. The maximum Gasteiger partial charge on any atom is 0.139 e. The maximum atomic E-state index is 8.60. The van der Waals surface area contributed by atoms with Gasteiger partial charge in [0.25, 0.3) is 0 Å². The van der Waals surface area contributed by atoms with Gasteiger partial charge in [0.2, 0.25) is 0 Å². The quantitative estimate of drug-likeness (QED) is 0.767. The van der Waals surface area contributed by atoms with Crippen LogP contribution in [0.25, 0.3) is 0 Å². The van der Waals surface area contributed by atoms with Crippen LogP contribution in [0.3, 0.4) is 0 Å². The molecule has 0 radical (unpaired) electrons. The highest BCUT2D eigenvalue weighted by atomic mass is 16.5. The molecule has 1 aromatic rings. The minimum atomic E-state index is -0.131. The number of nitrogens with zero attached hydrogens (tertiary/aromatic N) is 1. The van der Waals surface area contributed by atoms with E-state index in [4.69, 9.17) is 9.84 Å². The molecule has 0 unspecified atom stereocenters. The molecule has 1 fully saturated rings. The number of hydrogen-bond acceptors (Lipinski definition) is 3. The molecule has 0 aliphatic heterocycles. The smallest absolute Gasteiger partial charge is 0.139 e. The predicted octanol–water partition coefficient (Wildman–Crippen LogP) is 1.75. The summed E-state index contributed by atoms with van der Waals surface area (Å²) in [5.41, 5.74) is 0.782. The highest BCUT2D eigenvalue weighted by molar-refractivity contribution is 5.36. The van der Waals surface area contributed by atoms with Gasteiger partial charge in [0.15, 0.2) is 0 Å². The SMILES string of the molecule is OCC#Cc1cncc(OC2CCCC2)c1. The van der Waals surface area contributed by atoms with Gasteiger partial charge in [-0.1, -0.05) is 11.8 Å². The van der Waals surface area contributed by atoms with E-state index in [-0.39, 0.29) is 6.61 Å². The van der Waals surface area contributed by atoms with Crippen LogP contribution in [0.4, 0.5) is 0 Å². The van der Waals surface area contributed by atoms with Crippen LogP contribution in [0.5, 0.6) is 5.75 Å². The molecule has 1 N–H and O–H groups in total. The zero-order chi connectivity index (χ0) is 11.2. The highest BCUT2D eigenvalue weighted by Gasteiger charge is 2.16. The van der Waals surface area contributed by atoms with Gasteiger partial charge in [0, 0.05) is 11.8 Å². The van der Waals surface area contributed by atoms with Crippen molar-refractivity contribution >= 4 is 0 Å². The van der Waals surface area contributed by atoms with Crippen molar-refractivity contribution in [1.82, 2.24) is 4.98 Å². The number of hydrogen-bond donors (Lipinski definition) is 1. The average Bonchev–Trinajstić information content (AvgIpc) is 2.80. The van der Waals surface area contributed by atoms with E-state index in [1.165, 1.54) is 12.8 Å². The highest BCUT2D eigenvalue weighted by Crippen LogP contribution is 2.23. The first-order valence-corrected chi connectivity index (χ1v) is 5.60. The van der Waals surface area contributed by atoms with Crippen LogP contribution in [0.1, 0.15) is 31.2 Å². The summed E-state index contributed by atoms with van der Waals surface area (Å²) in [6, 6.07) is 1.87. The minimum absolute atomic E-state index is 0.131. The molecule has 1 aliphatic rings. The lowest BCUT2D eigenvalue weighted by Gasteiger charge is -2.12. The van der Waals surface area contributed by atoms with Gasteiger partial charge >= 0.3 is 0 Å². The van der Waals surface area contributed by atoms with Gasteiger partial charge in [-0.15, -0.1) is 0 Å². The molecule has 0 aromatic carbocycles. The third-order valence-electron chi connectivity index (χ3n) is 2.63. The Bertz CT molecular complexity index is 400. The number of pyridine rings is 1. The third kappa shape index (κ3) is 2.98. The second-order valence-corrected chi connectivity index (χ2v) is 3.89. The van der Waals surface area contributed by atoms with Crippen molar-refractivity contribution in [2.75, 3.05) is 6.61 Å². The molecular formula is C13H15NO2. The second kappa shape index (κ2) is 5.53. The molecule has 3 nitrogen and oxygen atoms in total. The molecule has 0 amide bonds. The van der Waals surface area contributed by atoms with Crippen LogP contribution < -0.4 is 4.74 Å². The molecule has 0 bridgehead atoms. The van der Waals surface area contributed by atoms with Crippen LogP contribution in [0.2, 0.25) is 0 Å². The van der Waals surface area contributed by atoms with Crippen molar-refractivity contribution in [3.63, 3.8) is 0 Å². The van der Waals surface area contributed by atoms with Crippen molar-refractivity contribution in [1.29, 1.82) is 0 Å². The molecule has 84 valence electrons. The van der Waals surface area contributed by atoms with Crippen LogP contribution in [0.15, 0.2) is 18.5 Å². The Morgan fingerprint density at radius 1 is 1.38 bits per heavy atom. The summed E-state index contributed by atoms with van der Waals surface area (Å²) in [7, 11) is 0. The van der Waals surface area contributed by atoms with E-state index in [9.17, 15) is 0 Å². The van der Waals surface area contributed by atoms with Crippen LogP contribution >= 0.6 is 0 Å². The van der Waals surface area contributed by atoms with Crippen molar-refractivity contribution in [2.45, 2.75) is 31.8 Å². The average molecular weight is 217 g/mol. The van der Waals surface area contributed by atoms with Crippen molar-refractivity contribution in [2.24, 2.45) is 0 Å². The first-order chi connectivity index (χ1) is 7.88. The summed E-state index contributed by atoms with van der Waals surface area (Å²) in [6.07, 6.45) is 8.48. The molecule has 1 saturated carbocycles. The van der Waals surface area contributed by atoms with Crippen molar-refractivity contribution < 1.29 is 9.84 Å². The van der Waals surface area contributed by atoms with Gasteiger partial charge in [-0.25, -0.2) is 0 Å². The number of rotatable bonds is 2. The topological polar surface area (TPSA) is 42.4 Å². The zero-order valence-electron chi connectivity index (χ0n) is 9.15. The molecular weight excluding hydrogens is 202 g/mol. The largest absolute Gasteiger partial charge is 0.489 e. The van der Waals surface area contributed by atoms with E-state index in [0.29, 0.717) is 6.10 Å². The number of aromatic nitrogens is 1. The Balaban J connectivity index is 2.03. The third-order valence-corrected chi connectivity index (χ3v) is 2.63. The van der Waals surface area contributed by atoms with Gasteiger partial charge in [-0.05, 0) is 31.7 Å². The Kier molecular flexibility index (Phi) is 3.79. The summed E-state index contributed by atoms with van der Waals surface area (Å²) in [5, 5.41) is 8.60. The summed E-state index contributed by atoms with van der Waals surface area (Å²) in [5.74, 6) is 6.19. The van der Waals surface area contributed by atoms with E-state index in [0.717, 1.165) is 24.2 Å². The first kappa shape index (κ1) is 11.0. The molecule has 1 aromatic heterocycles. The number of aliphatic hydroxyl groups excluding tert-OH is 1. The zero-order valence-corrected chi connectivity index (χ0v) is 9.15. The standard InChI is InChI=1S/C13H15NO2/c15-7-3-4-11-8-13(10-14-9-11)16-12-5-1-2-6-12/h8-10,12,15H,1-2,5-7H2. The van der Waals surface area contributed by atoms with Gasteiger partial charge < -0.3 is 9.84 Å². The van der Waals surface area contributed by atoms with Gasteiger partial charge in [-0.2, -0.15) is 0 Å². The fourth-order valence-corrected chi connectivity index (χ4v) is 1.89. The monoisotopic (exact) mass is 217 g/mol. The van der Waals surface area contributed by atoms with Crippen LogP contribution in [-0.2, 0) is 0 Å². The van der Waals surface area contributed by atoms with Crippen LogP contribution in [0, 0.1) is 11.8 Å². The van der Waals surface area contributed by atoms with Crippen molar-refractivity contribution in [3.8, 4) is 17.6 Å². The Hall–Kier alpha value is -1.53. The molecule has 0 saturated heterocycles. The fourth-order valence-electron chi connectivity index (χ4n) is 1.89. The van der Waals surface area contributed by atoms with Crippen LogP contribution in [-0.4, -0.2) is 22.8 Å². The van der Waals surface area contributed by atoms with E-state index >= 15 is 0 Å². The van der Waals surface area contributed by atoms with E-state index in [2.05, 4.69) is 16.8 Å².